The van der Waals surface area contributed by atoms with Crippen LogP contribution in [0.4, 0.5) is 0 Å². The lowest BCUT2D eigenvalue weighted by Crippen LogP contribution is -2.30. The maximum atomic E-state index is 6.11. The van der Waals surface area contributed by atoms with Crippen LogP contribution in [0.2, 0.25) is 0 Å². The molecule has 0 bridgehead atoms. The van der Waals surface area contributed by atoms with Gasteiger partial charge in [-0.25, -0.2) is 0 Å². The molecule has 0 aliphatic rings. The predicted molar refractivity (Wildman–Crippen MR) is 133 cm³/mol. The van der Waals surface area contributed by atoms with Gasteiger partial charge in [0.2, 0.25) is 12.6 Å². The van der Waals surface area contributed by atoms with Crippen LogP contribution in [0.15, 0.2) is 121 Å². The smallest absolute Gasteiger partial charge is 0.250 e. The summed E-state index contributed by atoms with van der Waals surface area (Å²) in [5.74, 6) is 4.23. The molecule has 0 radical (unpaired) electrons. The van der Waals surface area contributed by atoms with Gasteiger partial charge in [0.1, 0.15) is 23.0 Å². The van der Waals surface area contributed by atoms with Crippen LogP contribution in [0.3, 0.4) is 0 Å². The Hall–Kier alpha value is -3.57. The van der Waals surface area contributed by atoms with Crippen LogP contribution in [-0.2, 0) is 0 Å². The monoisotopic (exact) mass is 458 g/mol. The van der Waals surface area contributed by atoms with Crippen molar-refractivity contribution in [3.05, 3.63) is 121 Å². The SMILES string of the molecule is c1ccc(OC(CSCC(Oc2ccccc2)Oc2ccccc2)Oc2ccccc2)cc1. The normalized spacial score (nSPS) is 10.7. The van der Waals surface area contributed by atoms with Crippen LogP contribution in [0.1, 0.15) is 0 Å². The van der Waals surface area contributed by atoms with Crippen LogP contribution in [0.5, 0.6) is 23.0 Å². The van der Waals surface area contributed by atoms with Crippen molar-refractivity contribution in [3.8, 4) is 23.0 Å². The van der Waals surface area contributed by atoms with Crippen molar-refractivity contribution in [1.82, 2.24) is 0 Å². The van der Waals surface area contributed by atoms with Crippen molar-refractivity contribution in [2.24, 2.45) is 0 Å². The third kappa shape index (κ3) is 7.81. The number of rotatable bonds is 12. The van der Waals surface area contributed by atoms with Gasteiger partial charge >= 0.3 is 0 Å². The third-order valence-corrected chi connectivity index (χ3v) is 5.57. The van der Waals surface area contributed by atoms with E-state index in [9.17, 15) is 0 Å². The number of benzene rings is 4. The minimum absolute atomic E-state index is 0.464. The molecule has 4 nitrogen and oxygen atoms in total. The Balaban J connectivity index is 1.40. The van der Waals surface area contributed by atoms with E-state index < -0.39 is 12.6 Å². The Labute approximate surface area is 199 Å². The molecule has 0 saturated carbocycles. The number of ether oxygens (including phenoxy) is 4. The van der Waals surface area contributed by atoms with Crippen LogP contribution in [0, 0.1) is 0 Å². The highest BCUT2D eigenvalue weighted by Crippen LogP contribution is 2.22. The summed E-state index contributed by atoms with van der Waals surface area (Å²) in [6.07, 6.45) is -0.928. The molecule has 168 valence electrons. The highest BCUT2D eigenvalue weighted by atomic mass is 32.2. The lowest BCUT2D eigenvalue weighted by Gasteiger charge is -2.23. The minimum Gasteiger partial charge on any atom is -0.454 e. The van der Waals surface area contributed by atoms with Gasteiger partial charge in [0, 0.05) is 0 Å². The fourth-order valence-electron chi connectivity index (χ4n) is 3.05. The van der Waals surface area contributed by atoms with E-state index in [4.69, 9.17) is 18.9 Å². The maximum absolute atomic E-state index is 6.11. The predicted octanol–water partition coefficient (Wildman–Crippen LogP) is 6.69. The molecule has 0 saturated heterocycles. The van der Waals surface area contributed by atoms with Crippen LogP contribution < -0.4 is 18.9 Å². The molecular formula is C28H26O4S. The Bertz CT molecular complexity index is 876. The Morgan fingerprint density at radius 2 is 0.636 bits per heavy atom. The van der Waals surface area contributed by atoms with E-state index in [1.807, 2.05) is 121 Å². The molecule has 0 aliphatic carbocycles. The Morgan fingerprint density at radius 3 is 0.879 bits per heavy atom. The second-order valence-electron chi connectivity index (χ2n) is 7.12. The summed E-state index contributed by atoms with van der Waals surface area (Å²) in [5, 5.41) is 0. The van der Waals surface area contributed by atoms with E-state index in [0.29, 0.717) is 11.5 Å². The van der Waals surface area contributed by atoms with E-state index >= 15 is 0 Å². The van der Waals surface area contributed by atoms with E-state index in [-0.39, 0.29) is 0 Å². The number of thioether (sulfide) groups is 1. The van der Waals surface area contributed by atoms with E-state index in [1.54, 1.807) is 11.8 Å². The lowest BCUT2D eigenvalue weighted by molar-refractivity contribution is 0.0221. The largest absolute Gasteiger partial charge is 0.454 e. The molecule has 4 rings (SSSR count). The molecule has 4 aromatic carbocycles. The minimum atomic E-state index is -0.464. The van der Waals surface area contributed by atoms with Gasteiger partial charge < -0.3 is 18.9 Å². The first-order chi connectivity index (χ1) is 16.3. The summed E-state index contributed by atoms with van der Waals surface area (Å²) in [7, 11) is 0. The summed E-state index contributed by atoms with van der Waals surface area (Å²) in [6, 6.07) is 38.8. The summed E-state index contributed by atoms with van der Waals surface area (Å²) in [4.78, 5) is 0. The molecule has 0 fully saturated rings. The van der Waals surface area contributed by atoms with Gasteiger partial charge in [-0.2, -0.15) is 0 Å². The summed E-state index contributed by atoms with van der Waals surface area (Å²) >= 11 is 1.65. The first kappa shape index (κ1) is 22.6. The van der Waals surface area contributed by atoms with Crippen molar-refractivity contribution in [2.45, 2.75) is 12.6 Å². The van der Waals surface area contributed by atoms with E-state index in [0.717, 1.165) is 23.0 Å². The molecule has 4 aromatic rings. The molecule has 0 aromatic heterocycles. The zero-order chi connectivity index (χ0) is 22.6. The number of para-hydroxylation sites is 4. The lowest BCUT2D eigenvalue weighted by atomic mass is 10.3. The maximum Gasteiger partial charge on any atom is 0.250 e. The summed E-state index contributed by atoms with van der Waals surface area (Å²) < 4.78 is 24.4. The fraction of sp³-hybridized carbons (Fsp3) is 0.143. The first-order valence-corrected chi connectivity index (χ1v) is 12.0. The molecule has 0 aliphatic heterocycles. The van der Waals surface area contributed by atoms with Gasteiger partial charge in [-0.3, -0.25) is 0 Å². The zero-order valence-electron chi connectivity index (χ0n) is 18.2. The third-order valence-electron chi connectivity index (χ3n) is 4.55. The molecule has 33 heavy (non-hydrogen) atoms. The highest BCUT2D eigenvalue weighted by Gasteiger charge is 2.18. The van der Waals surface area contributed by atoms with Crippen molar-refractivity contribution in [1.29, 1.82) is 0 Å². The van der Waals surface area contributed by atoms with Crippen LogP contribution in [0.25, 0.3) is 0 Å². The standard InChI is InChI=1S/C28H26O4S/c1-5-13-23(14-6-1)29-27(30-24-15-7-2-8-16-24)21-33-22-28(31-25-17-9-3-10-18-25)32-26-19-11-4-12-20-26/h1-20,27-28H,21-22H2. The van der Waals surface area contributed by atoms with Crippen molar-refractivity contribution < 1.29 is 18.9 Å². The molecule has 0 amide bonds. The van der Waals surface area contributed by atoms with Gasteiger partial charge in [-0.1, -0.05) is 72.8 Å². The van der Waals surface area contributed by atoms with E-state index in [1.165, 1.54) is 0 Å². The molecule has 0 heterocycles. The second kappa shape index (κ2) is 12.5. The molecule has 0 N–H and O–H groups in total. The van der Waals surface area contributed by atoms with Crippen LogP contribution >= 0.6 is 11.8 Å². The summed E-state index contributed by atoms with van der Waals surface area (Å²) in [5.41, 5.74) is 0. The fourth-order valence-corrected chi connectivity index (χ4v) is 3.84. The quantitative estimate of drug-likeness (QED) is 0.221. The van der Waals surface area contributed by atoms with E-state index in [2.05, 4.69) is 0 Å². The van der Waals surface area contributed by atoms with Crippen molar-refractivity contribution >= 4 is 11.8 Å². The Morgan fingerprint density at radius 1 is 0.394 bits per heavy atom. The first-order valence-electron chi connectivity index (χ1n) is 10.8. The molecule has 0 unspecified atom stereocenters. The molecule has 5 heteroatoms. The van der Waals surface area contributed by atoms with Crippen molar-refractivity contribution in [2.75, 3.05) is 11.5 Å². The average molecular weight is 459 g/mol. The molecule has 0 atom stereocenters. The topological polar surface area (TPSA) is 36.9 Å². The van der Waals surface area contributed by atoms with Gasteiger partial charge in [-0.15, -0.1) is 11.8 Å². The summed E-state index contributed by atoms with van der Waals surface area (Å²) in [6.45, 7) is 0. The van der Waals surface area contributed by atoms with Gasteiger partial charge in [0.05, 0.1) is 11.5 Å². The second-order valence-corrected chi connectivity index (χ2v) is 8.20. The molecular weight excluding hydrogens is 432 g/mol. The van der Waals surface area contributed by atoms with Gasteiger partial charge in [0.25, 0.3) is 0 Å². The van der Waals surface area contributed by atoms with Gasteiger partial charge in [0.15, 0.2) is 0 Å². The number of hydrogen-bond donors (Lipinski definition) is 0. The number of hydrogen-bond acceptors (Lipinski definition) is 5. The highest BCUT2D eigenvalue weighted by molar-refractivity contribution is 7.99. The Kier molecular flexibility index (Phi) is 8.54. The van der Waals surface area contributed by atoms with Crippen LogP contribution in [-0.4, -0.2) is 24.1 Å². The average Bonchev–Trinajstić information content (AvgIpc) is 2.86. The zero-order valence-corrected chi connectivity index (χ0v) is 19.0. The van der Waals surface area contributed by atoms with Gasteiger partial charge in [-0.05, 0) is 48.5 Å². The molecule has 0 spiro atoms. The van der Waals surface area contributed by atoms with Crippen molar-refractivity contribution in [3.63, 3.8) is 0 Å².